The van der Waals surface area contributed by atoms with Crippen molar-refractivity contribution < 1.29 is 9.59 Å². The number of hydrogen-bond acceptors (Lipinski definition) is 3. The Labute approximate surface area is 123 Å². The maximum atomic E-state index is 12.2. The van der Waals surface area contributed by atoms with Crippen molar-refractivity contribution in [1.29, 1.82) is 0 Å². The van der Waals surface area contributed by atoms with Crippen LogP contribution in [0.4, 0.5) is 5.69 Å². The molecule has 0 fully saturated rings. The predicted octanol–water partition coefficient (Wildman–Crippen LogP) is 1.35. The summed E-state index contributed by atoms with van der Waals surface area (Å²) in [6.07, 6.45) is 0.0665. The van der Waals surface area contributed by atoms with Crippen LogP contribution in [0.3, 0.4) is 0 Å². The Morgan fingerprint density at radius 1 is 1.00 bits per heavy atom. The summed E-state index contributed by atoms with van der Waals surface area (Å²) in [5, 5.41) is 2.74. The van der Waals surface area contributed by atoms with Crippen molar-refractivity contribution in [3.05, 3.63) is 65.7 Å². The van der Waals surface area contributed by atoms with Gasteiger partial charge in [0.15, 0.2) is 0 Å². The summed E-state index contributed by atoms with van der Waals surface area (Å²) in [5.74, 6) is -0.790. The molecule has 0 aliphatic rings. The number of para-hydroxylation sites is 1. The van der Waals surface area contributed by atoms with E-state index < -0.39 is 11.9 Å². The minimum absolute atomic E-state index is 0.0665. The summed E-state index contributed by atoms with van der Waals surface area (Å²) in [6.45, 7) is 0. The van der Waals surface area contributed by atoms with Crippen LogP contribution in [-0.4, -0.2) is 11.8 Å². The molecule has 0 aliphatic carbocycles. The highest BCUT2D eigenvalue weighted by atomic mass is 16.2. The van der Waals surface area contributed by atoms with Gasteiger partial charge in [-0.1, -0.05) is 48.5 Å². The number of carbonyl (C=O) groups is 2. The zero-order valence-electron chi connectivity index (χ0n) is 11.5. The minimum atomic E-state index is -0.771. The molecule has 5 N–H and O–H groups in total. The average Bonchev–Trinajstić information content (AvgIpc) is 2.49. The highest BCUT2D eigenvalue weighted by molar-refractivity contribution is 5.96. The van der Waals surface area contributed by atoms with Crippen LogP contribution in [0.2, 0.25) is 0 Å². The van der Waals surface area contributed by atoms with Gasteiger partial charge in [0.25, 0.3) is 0 Å². The van der Waals surface area contributed by atoms with Gasteiger partial charge in [-0.3, -0.25) is 9.59 Å². The van der Waals surface area contributed by atoms with Gasteiger partial charge in [-0.15, -0.1) is 0 Å². The van der Waals surface area contributed by atoms with Crippen LogP contribution in [0.5, 0.6) is 0 Å². The molecule has 5 nitrogen and oxygen atoms in total. The Hall–Kier alpha value is -2.66. The third-order valence-electron chi connectivity index (χ3n) is 3.08. The molecule has 2 amide bonds. The molecule has 108 valence electrons. The molecule has 2 rings (SSSR count). The first-order chi connectivity index (χ1) is 10.1. The SMILES string of the molecule is NC(=O)Cc1ccccc1NC(=O)C(N)c1ccccc1. The van der Waals surface area contributed by atoms with Gasteiger partial charge in [-0.25, -0.2) is 0 Å². The molecule has 5 heteroatoms. The molecule has 2 aromatic rings. The third-order valence-corrected chi connectivity index (χ3v) is 3.08. The first-order valence-electron chi connectivity index (χ1n) is 6.55. The summed E-state index contributed by atoms with van der Waals surface area (Å²) in [4.78, 5) is 23.2. The fourth-order valence-corrected chi connectivity index (χ4v) is 2.01. The van der Waals surface area contributed by atoms with Crippen molar-refractivity contribution in [3.8, 4) is 0 Å². The van der Waals surface area contributed by atoms with E-state index in [1.54, 1.807) is 36.4 Å². The lowest BCUT2D eigenvalue weighted by molar-refractivity contribution is -0.118. The van der Waals surface area contributed by atoms with Crippen molar-refractivity contribution in [3.63, 3.8) is 0 Å². The second-order valence-electron chi connectivity index (χ2n) is 4.68. The van der Waals surface area contributed by atoms with Gasteiger partial charge >= 0.3 is 0 Å². The topological polar surface area (TPSA) is 98.2 Å². The van der Waals surface area contributed by atoms with Crippen molar-refractivity contribution >= 4 is 17.5 Å². The maximum absolute atomic E-state index is 12.2. The van der Waals surface area contributed by atoms with Crippen molar-refractivity contribution in [2.45, 2.75) is 12.5 Å². The van der Waals surface area contributed by atoms with Crippen LogP contribution in [0.1, 0.15) is 17.2 Å². The van der Waals surface area contributed by atoms with Gasteiger partial charge in [0, 0.05) is 5.69 Å². The quantitative estimate of drug-likeness (QED) is 0.772. The van der Waals surface area contributed by atoms with Crippen molar-refractivity contribution in [2.75, 3.05) is 5.32 Å². The molecule has 1 atom stereocenters. The molecule has 0 bridgehead atoms. The van der Waals surface area contributed by atoms with E-state index >= 15 is 0 Å². The largest absolute Gasteiger partial charge is 0.369 e. The van der Waals surface area contributed by atoms with E-state index in [0.29, 0.717) is 11.3 Å². The summed E-state index contributed by atoms with van der Waals surface area (Å²) < 4.78 is 0. The molecule has 0 radical (unpaired) electrons. The molecule has 0 aliphatic heterocycles. The number of anilines is 1. The Morgan fingerprint density at radius 3 is 2.29 bits per heavy atom. The summed E-state index contributed by atoms with van der Waals surface area (Å²) in [6, 6.07) is 15.3. The van der Waals surface area contributed by atoms with Gasteiger partial charge in [-0.05, 0) is 17.2 Å². The molecule has 0 saturated heterocycles. The van der Waals surface area contributed by atoms with Crippen LogP contribution in [-0.2, 0) is 16.0 Å². The van der Waals surface area contributed by atoms with Crippen LogP contribution in [0.15, 0.2) is 54.6 Å². The molecular formula is C16H17N3O2. The average molecular weight is 283 g/mol. The molecule has 1 unspecified atom stereocenters. The summed E-state index contributed by atoms with van der Waals surface area (Å²) in [7, 11) is 0. The fourth-order valence-electron chi connectivity index (χ4n) is 2.01. The number of amides is 2. The predicted molar refractivity (Wildman–Crippen MR) is 81.3 cm³/mol. The van der Waals surface area contributed by atoms with E-state index in [1.807, 2.05) is 18.2 Å². The number of rotatable bonds is 5. The Balaban J connectivity index is 2.14. The maximum Gasteiger partial charge on any atom is 0.245 e. The van der Waals surface area contributed by atoms with E-state index in [2.05, 4.69) is 5.32 Å². The Kier molecular flexibility index (Phi) is 4.68. The number of benzene rings is 2. The number of carbonyl (C=O) groups excluding carboxylic acids is 2. The monoisotopic (exact) mass is 283 g/mol. The van der Waals surface area contributed by atoms with Crippen LogP contribution >= 0.6 is 0 Å². The summed E-state index contributed by atoms with van der Waals surface area (Å²) in [5.41, 5.74) is 13.1. The lowest BCUT2D eigenvalue weighted by Gasteiger charge is -2.14. The van der Waals surface area contributed by atoms with Crippen LogP contribution in [0, 0.1) is 0 Å². The lowest BCUT2D eigenvalue weighted by atomic mass is 10.1. The highest BCUT2D eigenvalue weighted by Crippen LogP contribution is 2.18. The number of nitrogens with two attached hydrogens (primary N) is 2. The Morgan fingerprint density at radius 2 is 1.62 bits per heavy atom. The lowest BCUT2D eigenvalue weighted by Crippen LogP contribution is -2.28. The molecule has 2 aromatic carbocycles. The first kappa shape index (κ1) is 14.7. The van der Waals surface area contributed by atoms with Crippen molar-refractivity contribution in [2.24, 2.45) is 11.5 Å². The number of nitrogens with one attached hydrogen (secondary N) is 1. The molecular weight excluding hydrogens is 266 g/mol. The molecule has 21 heavy (non-hydrogen) atoms. The Bertz CT molecular complexity index is 641. The van der Waals surface area contributed by atoms with Gasteiger partial charge in [0.1, 0.15) is 6.04 Å². The van der Waals surface area contributed by atoms with E-state index in [1.165, 1.54) is 0 Å². The fraction of sp³-hybridized carbons (Fsp3) is 0.125. The van der Waals surface area contributed by atoms with Crippen LogP contribution < -0.4 is 16.8 Å². The molecule has 0 saturated carbocycles. The smallest absolute Gasteiger partial charge is 0.245 e. The van der Waals surface area contributed by atoms with Crippen molar-refractivity contribution in [1.82, 2.24) is 0 Å². The number of hydrogen-bond donors (Lipinski definition) is 3. The van der Waals surface area contributed by atoms with Gasteiger partial charge < -0.3 is 16.8 Å². The molecule has 0 spiro atoms. The van der Waals surface area contributed by atoms with Gasteiger partial charge in [0.05, 0.1) is 6.42 Å². The minimum Gasteiger partial charge on any atom is -0.369 e. The normalized spacial score (nSPS) is 11.7. The second kappa shape index (κ2) is 6.67. The van der Waals surface area contributed by atoms with Gasteiger partial charge in [-0.2, -0.15) is 0 Å². The van der Waals surface area contributed by atoms with Crippen LogP contribution in [0.25, 0.3) is 0 Å². The zero-order valence-corrected chi connectivity index (χ0v) is 11.5. The van der Waals surface area contributed by atoms with E-state index in [0.717, 1.165) is 5.56 Å². The standard InChI is InChI=1S/C16H17N3O2/c17-14(20)10-12-8-4-5-9-13(12)19-16(21)15(18)11-6-2-1-3-7-11/h1-9,15H,10,18H2,(H2,17,20)(H,19,21). The molecule has 0 heterocycles. The summed E-state index contributed by atoms with van der Waals surface area (Å²) >= 11 is 0. The van der Waals surface area contributed by atoms with E-state index in [9.17, 15) is 9.59 Å². The zero-order chi connectivity index (χ0) is 15.2. The van der Waals surface area contributed by atoms with Gasteiger partial charge in [0.2, 0.25) is 11.8 Å². The molecule has 0 aromatic heterocycles. The third kappa shape index (κ3) is 3.90. The van der Waals surface area contributed by atoms with E-state index in [4.69, 9.17) is 11.5 Å². The number of primary amides is 1. The highest BCUT2D eigenvalue weighted by Gasteiger charge is 2.17. The second-order valence-corrected chi connectivity index (χ2v) is 4.68. The van der Waals surface area contributed by atoms with E-state index in [-0.39, 0.29) is 12.3 Å². The first-order valence-corrected chi connectivity index (χ1v) is 6.55.